The Bertz CT molecular complexity index is 450. The summed E-state index contributed by atoms with van der Waals surface area (Å²) in [6.07, 6.45) is 1.32. The zero-order valence-electron chi connectivity index (χ0n) is 13.7. The first-order chi connectivity index (χ1) is 10.2. The van der Waals surface area contributed by atoms with Gasteiger partial charge in [0, 0.05) is 13.1 Å². The molecule has 1 fully saturated rings. The maximum absolute atomic E-state index is 6.04. The summed E-state index contributed by atoms with van der Waals surface area (Å²) in [7, 11) is 3.87. The molecule has 2 atom stereocenters. The fourth-order valence-corrected chi connectivity index (χ4v) is 2.88. The lowest BCUT2D eigenvalue weighted by molar-refractivity contribution is -0.0393. The smallest absolute Gasteiger partial charge is 0.119 e. The van der Waals surface area contributed by atoms with E-state index >= 15 is 0 Å². The average molecular weight is 292 g/mol. The third-order valence-electron chi connectivity index (χ3n) is 4.09. The van der Waals surface area contributed by atoms with Gasteiger partial charge in [-0.2, -0.15) is 0 Å². The topological polar surface area (TPSA) is 33.7 Å². The maximum Gasteiger partial charge on any atom is 0.119 e. The van der Waals surface area contributed by atoms with E-state index in [9.17, 15) is 0 Å². The number of ether oxygens (including phenoxy) is 2. The SMILES string of the molecule is CCCNC(c1ccc(OC)cc1C)C1CN(C)CCO1. The third-order valence-corrected chi connectivity index (χ3v) is 4.09. The standard InChI is InChI=1S/C17H28N2O2/c1-5-8-18-17(16-12-19(3)9-10-21-16)15-7-6-14(20-4)11-13(15)2/h6-7,11,16-18H,5,8-10,12H2,1-4H3. The van der Waals surface area contributed by atoms with Crippen LogP contribution in [0.25, 0.3) is 0 Å². The molecule has 4 nitrogen and oxygen atoms in total. The summed E-state index contributed by atoms with van der Waals surface area (Å²) in [4.78, 5) is 2.34. The van der Waals surface area contributed by atoms with Crippen LogP contribution in [0, 0.1) is 6.92 Å². The van der Waals surface area contributed by atoms with Crippen molar-refractivity contribution in [2.75, 3.05) is 40.4 Å². The van der Waals surface area contributed by atoms with E-state index in [2.05, 4.69) is 43.2 Å². The second kappa shape index (κ2) is 7.78. The molecule has 0 spiro atoms. The molecule has 1 aromatic rings. The van der Waals surface area contributed by atoms with Gasteiger partial charge >= 0.3 is 0 Å². The predicted molar refractivity (Wildman–Crippen MR) is 86.0 cm³/mol. The van der Waals surface area contributed by atoms with Crippen LogP contribution in [0.5, 0.6) is 5.75 Å². The minimum atomic E-state index is 0.197. The van der Waals surface area contributed by atoms with E-state index in [1.165, 1.54) is 11.1 Å². The summed E-state index contributed by atoms with van der Waals surface area (Å²) in [6.45, 7) is 8.12. The van der Waals surface area contributed by atoms with Crippen LogP contribution in [-0.2, 0) is 4.74 Å². The first-order valence-electron chi connectivity index (χ1n) is 7.83. The van der Waals surface area contributed by atoms with Crippen molar-refractivity contribution in [2.45, 2.75) is 32.4 Å². The molecule has 1 heterocycles. The Labute approximate surface area is 128 Å². The Morgan fingerprint density at radius 3 is 2.90 bits per heavy atom. The average Bonchev–Trinajstić information content (AvgIpc) is 2.49. The molecule has 1 aromatic carbocycles. The van der Waals surface area contributed by atoms with Gasteiger partial charge in [-0.05, 0) is 50.2 Å². The molecule has 1 aliphatic heterocycles. The summed E-state index contributed by atoms with van der Waals surface area (Å²) < 4.78 is 11.4. The number of morpholine rings is 1. The molecule has 2 rings (SSSR count). The summed E-state index contributed by atoms with van der Waals surface area (Å²) in [5, 5.41) is 3.66. The molecule has 0 aliphatic carbocycles. The number of likely N-dealkylation sites (N-methyl/N-ethyl adjacent to an activating group) is 1. The number of hydrogen-bond donors (Lipinski definition) is 1. The summed E-state index contributed by atoms with van der Waals surface area (Å²) in [6, 6.07) is 6.54. The van der Waals surface area contributed by atoms with Gasteiger partial charge in [0.05, 0.1) is 25.9 Å². The monoisotopic (exact) mass is 292 g/mol. The van der Waals surface area contributed by atoms with Crippen molar-refractivity contribution >= 4 is 0 Å². The Hall–Kier alpha value is -1.10. The molecule has 118 valence electrons. The second-order valence-corrected chi connectivity index (χ2v) is 5.83. The number of hydrogen-bond acceptors (Lipinski definition) is 4. The van der Waals surface area contributed by atoms with E-state index in [4.69, 9.17) is 9.47 Å². The van der Waals surface area contributed by atoms with Crippen LogP contribution in [0.15, 0.2) is 18.2 Å². The summed E-state index contributed by atoms with van der Waals surface area (Å²) >= 11 is 0. The van der Waals surface area contributed by atoms with Crippen molar-refractivity contribution in [1.29, 1.82) is 0 Å². The quantitative estimate of drug-likeness (QED) is 0.873. The van der Waals surface area contributed by atoms with Crippen molar-refractivity contribution in [3.63, 3.8) is 0 Å². The van der Waals surface area contributed by atoms with Gasteiger partial charge in [0.15, 0.2) is 0 Å². The molecule has 4 heteroatoms. The van der Waals surface area contributed by atoms with Gasteiger partial charge in [-0.3, -0.25) is 0 Å². The molecular weight excluding hydrogens is 264 g/mol. The van der Waals surface area contributed by atoms with Crippen LogP contribution in [-0.4, -0.2) is 51.4 Å². The van der Waals surface area contributed by atoms with Gasteiger partial charge in [0.1, 0.15) is 5.75 Å². The van der Waals surface area contributed by atoms with Crippen molar-refractivity contribution in [1.82, 2.24) is 10.2 Å². The number of benzene rings is 1. The second-order valence-electron chi connectivity index (χ2n) is 5.83. The van der Waals surface area contributed by atoms with Crippen LogP contribution in [0.2, 0.25) is 0 Å². The third kappa shape index (κ3) is 4.19. The van der Waals surface area contributed by atoms with E-state index in [0.717, 1.165) is 38.4 Å². The molecule has 21 heavy (non-hydrogen) atoms. The molecule has 2 unspecified atom stereocenters. The minimum Gasteiger partial charge on any atom is -0.497 e. The van der Waals surface area contributed by atoms with Gasteiger partial charge in [-0.15, -0.1) is 0 Å². The zero-order valence-corrected chi connectivity index (χ0v) is 13.7. The number of aryl methyl sites for hydroxylation is 1. The van der Waals surface area contributed by atoms with Crippen LogP contribution >= 0.6 is 0 Å². The van der Waals surface area contributed by atoms with Gasteiger partial charge in [-0.25, -0.2) is 0 Å². The molecule has 0 radical (unpaired) electrons. The number of rotatable bonds is 6. The Morgan fingerprint density at radius 2 is 2.29 bits per heavy atom. The van der Waals surface area contributed by atoms with Crippen LogP contribution < -0.4 is 10.1 Å². The Balaban J connectivity index is 2.22. The van der Waals surface area contributed by atoms with E-state index in [1.54, 1.807) is 7.11 Å². The molecular formula is C17H28N2O2. The van der Waals surface area contributed by atoms with E-state index < -0.39 is 0 Å². The highest BCUT2D eigenvalue weighted by Crippen LogP contribution is 2.27. The number of nitrogens with one attached hydrogen (secondary N) is 1. The van der Waals surface area contributed by atoms with Gasteiger partial charge in [0.2, 0.25) is 0 Å². The Morgan fingerprint density at radius 1 is 1.48 bits per heavy atom. The van der Waals surface area contributed by atoms with Crippen LogP contribution in [0.4, 0.5) is 0 Å². The summed E-state index contributed by atoms with van der Waals surface area (Å²) in [5.74, 6) is 0.909. The fourth-order valence-electron chi connectivity index (χ4n) is 2.88. The first kappa shape index (κ1) is 16.3. The zero-order chi connectivity index (χ0) is 15.2. The minimum absolute atomic E-state index is 0.197. The molecule has 0 saturated carbocycles. The largest absolute Gasteiger partial charge is 0.497 e. The molecule has 0 amide bonds. The lowest BCUT2D eigenvalue weighted by Gasteiger charge is -2.36. The summed E-state index contributed by atoms with van der Waals surface area (Å²) in [5.41, 5.74) is 2.56. The maximum atomic E-state index is 6.04. The number of methoxy groups -OCH3 is 1. The molecule has 1 saturated heterocycles. The van der Waals surface area contributed by atoms with Crippen LogP contribution in [0.1, 0.15) is 30.5 Å². The van der Waals surface area contributed by atoms with E-state index in [0.29, 0.717) is 0 Å². The van der Waals surface area contributed by atoms with E-state index in [1.807, 2.05) is 6.07 Å². The van der Waals surface area contributed by atoms with Crippen molar-refractivity contribution in [3.05, 3.63) is 29.3 Å². The van der Waals surface area contributed by atoms with Gasteiger partial charge in [-0.1, -0.05) is 13.0 Å². The molecule has 0 aromatic heterocycles. The van der Waals surface area contributed by atoms with Crippen molar-refractivity contribution in [2.24, 2.45) is 0 Å². The van der Waals surface area contributed by atoms with Gasteiger partial charge in [0.25, 0.3) is 0 Å². The lowest BCUT2D eigenvalue weighted by Crippen LogP contribution is -2.47. The van der Waals surface area contributed by atoms with E-state index in [-0.39, 0.29) is 12.1 Å². The lowest BCUT2D eigenvalue weighted by atomic mass is 9.95. The van der Waals surface area contributed by atoms with Crippen LogP contribution in [0.3, 0.4) is 0 Å². The molecule has 1 N–H and O–H groups in total. The molecule has 1 aliphatic rings. The molecule has 0 bridgehead atoms. The fraction of sp³-hybridized carbons (Fsp3) is 0.647. The van der Waals surface area contributed by atoms with Gasteiger partial charge < -0.3 is 19.7 Å². The van der Waals surface area contributed by atoms with Crippen molar-refractivity contribution in [3.8, 4) is 5.75 Å². The highest BCUT2D eigenvalue weighted by Gasteiger charge is 2.28. The first-order valence-corrected chi connectivity index (χ1v) is 7.83. The number of nitrogens with zero attached hydrogens (tertiary/aromatic N) is 1. The highest BCUT2D eigenvalue weighted by molar-refractivity contribution is 5.37. The van der Waals surface area contributed by atoms with Crippen molar-refractivity contribution < 1.29 is 9.47 Å². The normalized spacial score (nSPS) is 21.2. The Kier molecular flexibility index (Phi) is 6.03. The highest BCUT2D eigenvalue weighted by atomic mass is 16.5. The predicted octanol–water partition coefficient (Wildman–Crippen LogP) is 2.37.